The normalized spacial score (nSPS) is 10.0. The molecule has 0 aliphatic rings. The number of nitrogens with two attached hydrogens (primary N) is 2. The molecule has 0 aromatic carbocycles. The second-order valence-corrected chi connectivity index (χ2v) is 1.15. The Morgan fingerprint density at radius 3 is 1.46 bits per heavy atom. The van der Waals surface area contributed by atoms with Crippen LogP contribution in [0.1, 0.15) is 14.9 Å². The molecule has 0 aromatic heterocycles. The van der Waals surface area contributed by atoms with Crippen LogP contribution in [0.5, 0.6) is 0 Å². The van der Waals surface area contributed by atoms with Gasteiger partial charge in [-0.15, -0.1) is 0 Å². The zero-order valence-electron chi connectivity index (χ0n) is 5.41. The van der Waals surface area contributed by atoms with Crippen molar-refractivity contribution < 1.29 is 19.2 Å². The summed E-state index contributed by atoms with van der Waals surface area (Å²) in [5, 5.41) is 19.0. The van der Waals surface area contributed by atoms with E-state index < -0.39 is 18.6 Å². The summed E-state index contributed by atoms with van der Waals surface area (Å²) in [4.78, 5) is 0. The number of oxime groups is 2. The summed E-state index contributed by atoms with van der Waals surface area (Å²) in [6.07, 6.45) is -1.31. The van der Waals surface area contributed by atoms with E-state index in [0.29, 0.717) is 0 Å². The van der Waals surface area contributed by atoms with E-state index in [1.807, 2.05) is 5.16 Å². The van der Waals surface area contributed by atoms with Crippen LogP contribution in [0.25, 0.3) is 0 Å². The number of alkyl halides is 1. The number of halogens is 2. The summed E-state index contributed by atoms with van der Waals surface area (Å²) in [5.41, 5.74) is 8.72. The second-order valence-electron chi connectivity index (χ2n) is 1.15. The average Bonchev–Trinajstić information content (AvgIpc) is 2.04. The van der Waals surface area contributed by atoms with E-state index in [2.05, 4.69) is 16.6 Å². The first-order valence-corrected chi connectivity index (χ1v) is 2.23. The van der Waals surface area contributed by atoms with Gasteiger partial charge in [0, 0.05) is 0 Å². The minimum atomic E-state index is -1.31. The Bertz CT molecular complexity index is 147. The molecule has 0 spiro atoms. The van der Waals surface area contributed by atoms with Crippen molar-refractivity contribution in [2.75, 3.05) is 6.67 Å². The smallest absolute Gasteiger partial charge is 0.314 e. The Labute approximate surface area is 75.5 Å². The van der Waals surface area contributed by atoms with Gasteiger partial charge in [0.05, 0.1) is 0 Å². The molecule has 0 saturated carbocycles. The van der Waals surface area contributed by atoms with Gasteiger partial charge in [0.25, 0.3) is 0 Å². The molecule has 8 heteroatoms. The van der Waals surface area contributed by atoms with Gasteiger partial charge in [-0.1, -0.05) is 20.0 Å². The van der Waals surface area contributed by atoms with Gasteiger partial charge in [0.15, 0.2) is 5.84 Å². The van der Waals surface area contributed by atoms with Gasteiger partial charge in [0.2, 0.25) is 0 Å². The molecule has 0 aliphatic heterocycles. The van der Waals surface area contributed by atoms with Crippen LogP contribution in [0.2, 0.25) is 0 Å². The van der Waals surface area contributed by atoms with Crippen LogP contribution in [0.15, 0.2) is 10.3 Å². The molecule has 0 unspecified atom stereocenters. The molecular formula is C5H16F2N4O2. The van der Waals surface area contributed by atoms with Crippen LogP contribution in [-0.4, -0.2) is 29.0 Å². The lowest BCUT2D eigenvalue weighted by Gasteiger charge is -1.80. The third kappa shape index (κ3) is 37.9. The topological polar surface area (TPSA) is 117 Å². The maximum atomic E-state index is 11.0. The second kappa shape index (κ2) is 16.8. The Kier molecular flexibility index (Phi) is 29.1. The fourth-order valence-electron chi connectivity index (χ4n) is 0.0267. The summed E-state index contributed by atoms with van der Waals surface area (Å²) in [6, 6.07) is 0. The lowest BCUT2D eigenvalue weighted by atomic mass is 10.7. The van der Waals surface area contributed by atoms with Gasteiger partial charge >= 0.3 is 6.09 Å². The van der Waals surface area contributed by atoms with Crippen molar-refractivity contribution in [2.45, 2.75) is 14.9 Å². The molecule has 13 heavy (non-hydrogen) atoms. The van der Waals surface area contributed by atoms with Gasteiger partial charge in [-0.05, 0) is 5.16 Å². The maximum absolute atomic E-state index is 11.0. The van der Waals surface area contributed by atoms with E-state index >= 15 is 0 Å². The predicted molar refractivity (Wildman–Crippen MR) is 47.4 cm³/mol. The highest BCUT2D eigenvalue weighted by Crippen LogP contribution is 1.63. The number of nitrogens with zero attached hydrogens (tertiary/aromatic N) is 2. The minimum Gasteiger partial charge on any atom is -0.409 e. The van der Waals surface area contributed by atoms with E-state index in [1.165, 1.54) is 0 Å². The first kappa shape index (κ1) is 22.5. The summed E-state index contributed by atoms with van der Waals surface area (Å²) in [6.45, 7) is -0.892. The predicted octanol–water partition coefficient (Wildman–Crippen LogP) is 0.634. The first-order chi connectivity index (χ1) is 5.08. The number of rotatable bonds is 1. The van der Waals surface area contributed by atoms with Crippen molar-refractivity contribution in [2.24, 2.45) is 21.8 Å². The highest BCUT2D eigenvalue weighted by molar-refractivity contribution is 5.80. The van der Waals surface area contributed by atoms with Gasteiger partial charge < -0.3 is 21.9 Å². The summed E-state index contributed by atoms with van der Waals surface area (Å²) in [7, 11) is 0. The third-order valence-electron chi connectivity index (χ3n) is 0.361. The standard InChI is InChI=1S/C2H5FN2O.CH3FN2O.2CH4/c3-1-2(4)5-6;2-1(3)4-5;;/h6H,1H2,(H2,4,5);5H,(H2,3,4);2*1H4. The van der Waals surface area contributed by atoms with Crippen LogP contribution in [-0.2, 0) is 0 Å². The van der Waals surface area contributed by atoms with Crippen molar-refractivity contribution in [1.29, 1.82) is 0 Å². The van der Waals surface area contributed by atoms with Crippen LogP contribution >= 0.6 is 0 Å². The summed E-state index contributed by atoms with van der Waals surface area (Å²) in [5.74, 6) is -0.394. The van der Waals surface area contributed by atoms with Crippen LogP contribution in [0.4, 0.5) is 8.78 Å². The van der Waals surface area contributed by atoms with Gasteiger partial charge in [-0.2, -0.15) is 4.39 Å². The molecule has 0 atom stereocenters. The van der Waals surface area contributed by atoms with E-state index in [0.717, 1.165) is 0 Å². The molecule has 0 fully saturated rings. The first-order valence-electron chi connectivity index (χ1n) is 2.23. The Morgan fingerprint density at radius 2 is 1.46 bits per heavy atom. The van der Waals surface area contributed by atoms with Crippen LogP contribution in [0.3, 0.4) is 0 Å². The molecular weight excluding hydrogens is 186 g/mol. The van der Waals surface area contributed by atoms with Crippen molar-refractivity contribution >= 4 is 11.9 Å². The highest BCUT2D eigenvalue weighted by atomic mass is 19.1. The molecule has 0 bridgehead atoms. The Balaban J connectivity index is -0.0000000546. The molecule has 0 amide bonds. The van der Waals surface area contributed by atoms with Crippen LogP contribution in [0, 0.1) is 0 Å². The van der Waals surface area contributed by atoms with Crippen molar-refractivity contribution in [3.63, 3.8) is 0 Å². The van der Waals surface area contributed by atoms with Crippen molar-refractivity contribution in [3.05, 3.63) is 0 Å². The molecule has 0 saturated heterocycles. The quantitative estimate of drug-likeness (QED) is 0.164. The van der Waals surface area contributed by atoms with E-state index in [1.54, 1.807) is 0 Å². The molecule has 0 heterocycles. The highest BCUT2D eigenvalue weighted by Gasteiger charge is 1.82. The van der Waals surface area contributed by atoms with Crippen LogP contribution < -0.4 is 11.5 Å². The average molecular weight is 202 g/mol. The molecule has 6 N–H and O–H groups in total. The molecule has 0 rings (SSSR count). The SMILES string of the molecule is C.C.N/C(CF)=N/O.N/C(F)=N/O. The van der Waals surface area contributed by atoms with Crippen molar-refractivity contribution in [1.82, 2.24) is 0 Å². The lowest BCUT2D eigenvalue weighted by molar-refractivity contribution is 0.310. The number of hydrogen-bond acceptors (Lipinski definition) is 4. The lowest BCUT2D eigenvalue weighted by Crippen LogP contribution is -2.12. The number of amidine groups is 2. The zero-order chi connectivity index (χ0) is 9.28. The van der Waals surface area contributed by atoms with E-state index in [9.17, 15) is 8.78 Å². The summed E-state index contributed by atoms with van der Waals surface area (Å²) >= 11 is 0. The Hall–Kier alpha value is -1.60. The van der Waals surface area contributed by atoms with Gasteiger partial charge in [0.1, 0.15) is 6.67 Å². The molecule has 0 aromatic rings. The molecule has 82 valence electrons. The molecule has 0 radical (unpaired) electrons. The van der Waals surface area contributed by atoms with Gasteiger partial charge in [-0.25, -0.2) is 4.39 Å². The van der Waals surface area contributed by atoms with Gasteiger partial charge in [-0.3, -0.25) is 0 Å². The van der Waals surface area contributed by atoms with E-state index in [4.69, 9.17) is 10.4 Å². The van der Waals surface area contributed by atoms with E-state index in [-0.39, 0.29) is 14.9 Å². The Morgan fingerprint density at radius 1 is 1.15 bits per heavy atom. The molecule has 0 aliphatic carbocycles. The largest absolute Gasteiger partial charge is 0.409 e. The summed E-state index contributed by atoms with van der Waals surface area (Å²) < 4.78 is 21.7. The molecule has 6 nitrogen and oxygen atoms in total. The minimum absolute atomic E-state index is 0. The maximum Gasteiger partial charge on any atom is 0.314 e. The third-order valence-corrected chi connectivity index (χ3v) is 0.361. The monoisotopic (exact) mass is 202 g/mol. The fourth-order valence-corrected chi connectivity index (χ4v) is 0.0267. The number of hydrogen-bond donors (Lipinski definition) is 4. The van der Waals surface area contributed by atoms with Crippen molar-refractivity contribution in [3.8, 4) is 0 Å². The zero-order valence-corrected chi connectivity index (χ0v) is 5.41. The fraction of sp³-hybridized carbons (Fsp3) is 0.600.